The molecule has 1 saturated heterocycles. The highest BCUT2D eigenvalue weighted by Crippen LogP contribution is 2.23. The van der Waals surface area contributed by atoms with Crippen molar-refractivity contribution in [3.05, 3.63) is 48.3 Å². The summed E-state index contributed by atoms with van der Waals surface area (Å²) in [5.74, 6) is 1.95. The Labute approximate surface area is 140 Å². The summed E-state index contributed by atoms with van der Waals surface area (Å²) in [6, 6.07) is 5.95. The van der Waals surface area contributed by atoms with E-state index in [1.54, 1.807) is 12.6 Å². The molecular weight excluding hydrogens is 302 g/mol. The number of piperazine rings is 1. The number of aromatic amines is 1. The first-order valence-corrected chi connectivity index (χ1v) is 8.26. The number of H-pyrrole nitrogens is 1. The van der Waals surface area contributed by atoms with Gasteiger partial charge in [-0.25, -0.2) is 9.97 Å². The zero-order valence-corrected chi connectivity index (χ0v) is 13.8. The molecule has 3 aromatic rings. The summed E-state index contributed by atoms with van der Waals surface area (Å²) in [4.78, 5) is 16.7. The van der Waals surface area contributed by atoms with Crippen LogP contribution in [0.4, 0.5) is 5.82 Å². The molecule has 0 saturated carbocycles. The molecule has 24 heavy (non-hydrogen) atoms. The second-order valence-electron chi connectivity index (χ2n) is 6.21. The van der Waals surface area contributed by atoms with E-state index in [4.69, 9.17) is 4.42 Å². The third kappa shape index (κ3) is 3.05. The van der Waals surface area contributed by atoms with Crippen LogP contribution in [0.2, 0.25) is 0 Å². The van der Waals surface area contributed by atoms with E-state index in [0.717, 1.165) is 55.3 Å². The van der Waals surface area contributed by atoms with Gasteiger partial charge in [-0.2, -0.15) is 0 Å². The predicted molar refractivity (Wildman–Crippen MR) is 94.9 cm³/mol. The Bertz CT molecular complexity index is 828. The summed E-state index contributed by atoms with van der Waals surface area (Å²) < 4.78 is 5.38. The van der Waals surface area contributed by atoms with Crippen LogP contribution in [0.1, 0.15) is 12.7 Å². The molecule has 3 aromatic heterocycles. The molecule has 0 unspecified atom stereocenters. The predicted octanol–water partition coefficient (Wildman–Crippen LogP) is 2.78. The van der Waals surface area contributed by atoms with Crippen LogP contribution in [-0.2, 0) is 0 Å². The van der Waals surface area contributed by atoms with E-state index >= 15 is 0 Å². The number of nitrogens with zero attached hydrogens (tertiary/aromatic N) is 4. The smallest absolute Gasteiger partial charge is 0.142 e. The molecule has 0 bridgehead atoms. The standard InChI is InChI=1S/C18H21N5O/c1-14(11-15-3-2-10-24-15)12-22-6-8-23(9-7-22)18-16-4-5-19-17(16)20-13-21-18/h2-5,10-11,13H,6-9,12H2,1H3,(H,19,20,21). The van der Waals surface area contributed by atoms with Crippen molar-refractivity contribution in [2.24, 2.45) is 0 Å². The molecule has 1 aliphatic heterocycles. The number of nitrogens with one attached hydrogen (secondary N) is 1. The van der Waals surface area contributed by atoms with Crippen LogP contribution in [-0.4, -0.2) is 52.6 Å². The van der Waals surface area contributed by atoms with Crippen molar-refractivity contribution < 1.29 is 4.42 Å². The Morgan fingerprint density at radius 1 is 1.25 bits per heavy atom. The lowest BCUT2D eigenvalue weighted by atomic mass is 10.2. The average molecular weight is 323 g/mol. The zero-order valence-electron chi connectivity index (χ0n) is 13.8. The SMILES string of the molecule is CC(=Cc1ccco1)CN1CCN(c2ncnc3[nH]ccc23)CC1. The molecule has 0 spiro atoms. The third-order valence-corrected chi connectivity index (χ3v) is 4.41. The first kappa shape index (κ1) is 15.0. The quantitative estimate of drug-likeness (QED) is 0.800. The molecule has 1 N–H and O–H groups in total. The topological polar surface area (TPSA) is 61.2 Å². The molecule has 6 heteroatoms. The fourth-order valence-electron chi connectivity index (χ4n) is 3.24. The van der Waals surface area contributed by atoms with Crippen molar-refractivity contribution in [3.63, 3.8) is 0 Å². The van der Waals surface area contributed by atoms with Gasteiger partial charge < -0.3 is 14.3 Å². The van der Waals surface area contributed by atoms with Gasteiger partial charge in [0.2, 0.25) is 0 Å². The van der Waals surface area contributed by atoms with E-state index in [2.05, 4.69) is 37.8 Å². The van der Waals surface area contributed by atoms with Crippen molar-refractivity contribution >= 4 is 22.9 Å². The Morgan fingerprint density at radius 3 is 2.92 bits per heavy atom. The largest absolute Gasteiger partial charge is 0.465 e. The van der Waals surface area contributed by atoms with Gasteiger partial charge in [0, 0.05) is 38.9 Å². The highest BCUT2D eigenvalue weighted by atomic mass is 16.3. The molecule has 4 heterocycles. The lowest BCUT2D eigenvalue weighted by molar-refractivity contribution is 0.278. The minimum atomic E-state index is 0.902. The van der Waals surface area contributed by atoms with Crippen LogP contribution in [0.3, 0.4) is 0 Å². The van der Waals surface area contributed by atoms with Gasteiger partial charge in [-0.1, -0.05) is 5.57 Å². The van der Waals surface area contributed by atoms with E-state index in [0.29, 0.717) is 0 Å². The van der Waals surface area contributed by atoms with Crippen molar-refractivity contribution in [1.29, 1.82) is 0 Å². The van der Waals surface area contributed by atoms with Gasteiger partial charge >= 0.3 is 0 Å². The summed E-state index contributed by atoms with van der Waals surface area (Å²) in [6.07, 6.45) is 7.38. The van der Waals surface area contributed by atoms with Crippen LogP contribution < -0.4 is 4.90 Å². The van der Waals surface area contributed by atoms with Crippen molar-refractivity contribution in [1.82, 2.24) is 19.9 Å². The molecule has 0 aliphatic carbocycles. The number of hydrogen-bond acceptors (Lipinski definition) is 5. The van der Waals surface area contributed by atoms with Crippen LogP contribution in [0.25, 0.3) is 17.1 Å². The first-order valence-electron chi connectivity index (χ1n) is 8.26. The van der Waals surface area contributed by atoms with Gasteiger partial charge in [0.25, 0.3) is 0 Å². The van der Waals surface area contributed by atoms with Crippen LogP contribution in [0, 0.1) is 0 Å². The van der Waals surface area contributed by atoms with Crippen molar-refractivity contribution in [2.45, 2.75) is 6.92 Å². The van der Waals surface area contributed by atoms with E-state index in [9.17, 15) is 0 Å². The van der Waals surface area contributed by atoms with Gasteiger partial charge in [-0.05, 0) is 31.2 Å². The molecule has 0 aromatic carbocycles. The Hall–Kier alpha value is -2.60. The molecule has 4 rings (SSSR count). The molecule has 1 aliphatic rings. The zero-order chi connectivity index (χ0) is 16.4. The van der Waals surface area contributed by atoms with Gasteiger partial charge in [-0.15, -0.1) is 0 Å². The second-order valence-corrected chi connectivity index (χ2v) is 6.21. The summed E-state index contributed by atoms with van der Waals surface area (Å²) in [5, 5.41) is 1.10. The molecule has 0 radical (unpaired) electrons. The number of aromatic nitrogens is 3. The van der Waals surface area contributed by atoms with E-state index in [1.165, 1.54) is 5.57 Å². The van der Waals surface area contributed by atoms with Gasteiger partial charge in [0.15, 0.2) is 0 Å². The monoisotopic (exact) mass is 323 g/mol. The summed E-state index contributed by atoms with van der Waals surface area (Å²) >= 11 is 0. The van der Waals surface area contributed by atoms with Gasteiger partial charge in [0.05, 0.1) is 11.6 Å². The highest BCUT2D eigenvalue weighted by molar-refractivity contribution is 5.87. The minimum Gasteiger partial charge on any atom is -0.465 e. The molecule has 0 amide bonds. The maximum absolute atomic E-state index is 5.38. The normalized spacial score (nSPS) is 16.9. The van der Waals surface area contributed by atoms with Gasteiger partial charge in [0.1, 0.15) is 23.6 Å². The lowest BCUT2D eigenvalue weighted by Gasteiger charge is -2.35. The average Bonchev–Trinajstić information content (AvgIpc) is 3.26. The fourth-order valence-corrected chi connectivity index (χ4v) is 3.24. The maximum Gasteiger partial charge on any atom is 0.142 e. The van der Waals surface area contributed by atoms with E-state index < -0.39 is 0 Å². The number of hydrogen-bond donors (Lipinski definition) is 1. The van der Waals surface area contributed by atoms with Crippen LogP contribution in [0.15, 0.2) is 47.0 Å². The minimum absolute atomic E-state index is 0.902. The number of furan rings is 1. The maximum atomic E-state index is 5.38. The Kier molecular flexibility index (Phi) is 4.04. The number of rotatable bonds is 4. The molecular formula is C18H21N5O. The van der Waals surface area contributed by atoms with Crippen LogP contribution >= 0.6 is 0 Å². The first-order chi connectivity index (χ1) is 11.8. The van der Waals surface area contributed by atoms with Crippen LogP contribution in [0.5, 0.6) is 0 Å². The summed E-state index contributed by atoms with van der Waals surface area (Å²) in [5.41, 5.74) is 2.22. The summed E-state index contributed by atoms with van der Waals surface area (Å²) in [6.45, 7) is 7.13. The number of anilines is 1. The highest BCUT2D eigenvalue weighted by Gasteiger charge is 2.20. The summed E-state index contributed by atoms with van der Waals surface area (Å²) in [7, 11) is 0. The number of fused-ring (bicyclic) bond motifs is 1. The Morgan fingerprint density at radius 2 is 2.12 bits per heavy atom. The van der Waals surface area contributed by atoms with E-state index in [1.807, 2.05) is 24.4 Å². The van der Waals surface area contributed by atoms with Crippen molar-refractivity contribution in [3.8, 4) is 0 Å². The third-order valence-electron chi connectivity index (χ3n) is 4.41. The molecule has 1 fully saturated rings. The van der Waals surface area contributed by atoms with Crippen molar-refractivity contribution in [2.75, 3.05) is 37.6 Å². The lowest BCUT2D eigenvalue weighted by Crippen LogP contribution is -2.47. The fraction of sp³-hybridized carbons (Fsp3) is 0.333. The molecule has 124 valence electrons. The molecule has 6 nitrogen and oxygen atoms in total. The molecule has 0 atom stereocenters. The van der Waals surface area contributed by atoms with Gasteiger partial charge in [-0.3, -0.25) is 4.90 Å². The Balaban J connectivity index is 1.39. The van der Waals surface area contributed by atoms with E-state index in [-0.39, 0.29) is 0 Å². The second kappa shape index (κ2) is 6.49.